The van der Waals surface area contributed by atoms with Gasteiger partial charge in [0.1, 0.15) is 0 Å². The molecule has 1 fully saturated rings. The molecule has 1 saturated carbocycles. The highest BCUT2D eigenvalue weighted by Crippen LogP contribution is 2.24. The summed E-state index contributed by atoms with van der Waals surface area (Å²) < 4.78 is 5.68. The molecule has 0 radical (unpaired) electrons. The minimum absolute atomic E-state index is 0. The van der Waals surface area contributed by atoms with E-state index in [2.05, 4.69) is 23.7 Å². The van der Waals surface area contributed by atoms with Gasteiger partial charge in [-0.3, -0.25) is 4.99 Å². The molecule has 0 aliphatic heterocycles. The van der Waals surface area contributed by atoms with Gasteiger partial charge in [0.15, 0.2) is 5.96 Å². The molecular formula is C13H28IN3O. The van der Waals surface area contributed by atoms with E-state index in [1.807, 2.05) is 14.0 Å². The summed E-state index contributed by atoms with van der Waals surface area (Å²) in [5.41, 5.74) is 5.93. The fourth-order valence-corrected chi connectivity index (χ4v) is 1.89. The minimum atomic E-state index is 0. The number of hydrogen-bond acceptors (Lipinski definition) is 2. The lowest BCUT2D eigenvalue weighted by Crippen LogP contribution is -2.36. The van der Waals surface area contributed by atoms with Gasteiger partial charge in [-0.15, -0.1) is 24.0 Å². The maximum absolute atomic E-state index is 5.93. The van der Waals surface area contributed by atoms with Gasteiger partial charge in [0.2, 0.25) is 0 Å². The molecule has 0 heterocycles. The molecule has 4 nitrogen and oxygen atoms in total. The third kappa shape index (κ3) is 6.22. The van der Waals surface area contributed by atoms with Gasteiger partial charge in [-0.05, 0) is 32.1 Å². The maximum atomic E-state index is 5.93. The SMILES string of the molecule is CCOC(CCN=C(N)N(C)C1CC1)C(C)C.I. The first-order valence-electron chi connectivity index (χ1n) is 6.70. The van der Waals surface area contributed by atoms with Crippen LogP contribution in [0.15, 0.2) is 4.99 Å². The molecule has 0 amide bonds. The van der Waals surface area contributed by atoms with Crippen LogP contribution in [0.2, 0.25) is 0 Å². The molecule has 0 aromatic rings. The Labute approximate surface area is 128 Å². The Morgan fingerprint density at radius 2 is 2.06 bits per heavy atom. The number of halogens is 1. The van der Waals surface area contributed by atoms with Crippen molar-refractivity contribution in [1.29, 1.82) is 0 Å². The van der Waals surface area contributed by atoms with Gasteiger partial charge >= 0.3 is 0 Å². The number of nitrogens with two attached hydrogens (primary N) is 1. The fourth-order valence-electron chi connectivity index (χ4n) is 1.89. The Hall–Kier alpha value is -0.0400. The van der Waals surface area contributed by atoms with Gasteiger partial charge < -0.3 is 15.4 Å². The van der Waals surface area contributed by atoms with E-state index in [0.29, 0.717) is 24.0 Å². The van der Waals surface area contributed by atoms with E-state index in [9.17, 15) is 0 Å². The second-order valence-corrected chi connectivity index (χ2v) is 5.11. The average Bonchev–Trinajstić information content (AvgIpc) is 3.10. The first-order valence-corrected chi connectivity index (χ1v) is 6.70. The van der Waals surface area contributed by atoms with Crippen LogP contribution < -0.4 is 5.73 Å². The molecule has 0 spiro atoms. The third-order valence-corrected chi connectivity index (χ3v) is 3.27. The first-order chi connectivity index (χ1) is 8.06. The van der Waals surface area contributed by atoms with Gasteiger partial charge in [0.05, 0.1) is 6.10 Å². The monoisotopic (exact) mass is 369 g/mol. The largest absolute Gasteiger partial charge is 0.378 e. The van der Waals surface area contributed by atoms with Crippen molar-refractivity contribution in [1.82, 2.24) is 4.90 Å². The van der Waals surface area contributed by atoms with Crippen LogP contribution in [0.4, 0.5) is 0 Å². The standard InChI is InChI=1S/C13H27N3O.HI/c1-5-17-12(10(2)3)8-9-15-13(14)16(4)11-6-7-11;/h10-12H,5-9H2,1-4H3,(H2,14,15);1H. The second-order valence-electron chi connectivity index (χ2n) is 5.11. The molecule has 1 aliphatic carbocycles. The smallest absolute Gasteiger partial charge is 0.191 e. The minimum Gasteiger partial charge on any atom is -0.378 e. The first kappa shape index (κ1) is 18.0. The zero-order valence-corrected chi connectivity index (χ0v) is 14.4. The molecule has 0 saturated heterocycles. The molecule has 1 aliphatic rings. The van der Waals surface area contributed by atoms with Crippen LogP contribution in [-0.2, 0) is 4.74 Å². The molecule has 1 unspecified atom stereocenters. The highest BCUT2D eigenvalue weighted by atomic mass is 127. The molecule has 5 heteroatoms. The zero-order valence-electron chi connectivity index (χ0n) is 12.1. The van der Waals surface area contributed by atoms with Gasteiger partial charge in [0, 0.05) is 26.2 Å². The number of aliphatic imine (C=N–C) groups is 1. The number of rotatable bonds is 7. The summed E-state index contributed by atoms with van der Waals surface area (Å²) in [7, 11) is 2.03. The predicted octanol–water partition coefficient (Wildman–Crippen LogP) is 2.46. The second kappa shape index (κ2) is 8.96. The van der Waals surface area contributed by atoms with E-state index in [4.69, 9.17) is 10.5 Å². The fraction of sp³-hybridized carbons (Fsp3) is 0.923. The molecule has 1 rings (SSSR count). The number of ether oxygens (including phenoxy) is 1. The van der Waals surface area contributed by atoms with E-state index < -0.39 is 0 Å². The van der Waals surface area contributed by atoms with Crippen LogP contribution in [0.25, 0.3) is 0 Å². The molecule has 0 aromatic carbocycles. The zero-order chi connectivity index (χ0) is 12.8. The summed E-state index contributed by atoms with van der Waals surface area (Å²) in [5, 5.41) is 0. The van der Waals surface area contributed by atoms with E-state index in [1.165, 1.54) is 12.8 Å². The van der Waals surface area contributed by atoms with Crippen molar-refractivity contribution >= 4 is 29.9 Å². The van der Waals surface area contributed by atoms with E-state index in [-0.39, 0.29) is 24.0 Å². The molecule has 2 N–H and O–H groups in total. The quantitative estimate of drug-likeness (QED) is 0.426. The van der Waals surface area contributed by atoms with Gasteiger partial charge in [0.25, 0.3) is 0 Å². The van der Waals surface area contributed by atoms with Crippen LogP contribution in [0.5, 0.6) is 0 Å². The normalized spacial score (nSPS) is 17.5. The summed E-state index contributed by atoms with van der Waals surface area (Å²) in [6.45, 7) is 7.93. The van der Waals surface area contributed by atoms with Crippen molar-refractivity contribution in [3.05, 3.63) is 0 Å². The maximum Gasteiger partial charge on any atom is 0.191 e. The van der Waals surface area contributed by atoms with Gasteiger partial charge in [-0.2, -0.15) is 0 Å². The Morgan fingerprint density at radius 3 is 2.50 bits per heavy atom. The Morgan fingerprint density at radius 1 is 1.44 bits per heavy atom. The summed E-state index contributed by atoms with van der Waals surface area (Å²) >= 11 is 0. The van der Waals surface area contributed by atoms with Crippen LogP contribution in [0.3, 0.4) is 0 Å². The van der Waals surface area contributed by atoms with Crippen molar-refractivity contribution in [2.75, 3.05) is 20.2 Å². The van der Waals surface area contributed by atoms with Crippen molar-refractivity contribution in [3.63, 3.8) is 0 Å². The number of hydrogen-bond donors (Lipinski definition) is 1. The van der Waals surface area contributed by atoms with Crippen LogP contribution >= 0.6 is 24.0 Å². The average molecular weight is 369 g/mol. The van der Waals surface area contributed by atoms with Gasteiger partial charge in [-0.25, -0.2) is 0 Å². The van der Waals surface area contributed by atoms with Crippen molar-refractivity contribution in [2.45, 2.75) is 52.2 Å². The molecule has 108 valence electrons. The predicted molar refractivity (Wildman–Crippen MR) is 87.6 cm³/mol. The summed E-state index contributed by atoms with van der Waals surface area (Å²) in [6.07, 6.45) is 3.74. The number of guanidine groups is 1. The van der Waals surface area contributed by atoms with Gasteiger partial charge in [-0.1, -0.05) is 13.8 Å². The Balaban J connectivity index is 0.00000289. The molecule has 18 heavy (non-hydrogen) atoms. The highest BCUT2D eigenvalue weighted by molar-refractivity contribution is 14.0. The number of nitrogens with zero attached hydrogens (tertiary/aromatic N) is 2. The lowest BCUT2D eigenvalue weighted by atomic mass is 10.0. The Kier molecular flexibility index (Phi) is 8.94. The molecule has 0 aromatic heterocycles. The lowest BCUT2D eigenvalue weighted by molar-refractivity contribution is 0.0266. The van der Waals surface area contributed by atoms with Crippen LogP contribution in [0, 0.1) is 5.92 Å². The third-order valence-electron chi connectivity index (χ3n) is 3.27. The van der Waals surface area contributed by atoms with E-state index in [1.54, 1.807) is 0 Å². The summed E-state index contributed by atoms with van der Waals surface area (Å²) in [6, 6.07) is 0.631. The summed E-state index contributed by atoms with van der Waals surface area (Å²) in [4.78, 5) is 6.52. The molecule has 1 atom stereocenters. The highest BCUT2D eigenvalue weighted by Gasteiger charge is 2.27. The van der Waals surface area contributed by atoms with Crippen molar-refractivity contribution in [3.8, 4) is 0 Å². The van der Waals surface area contributed by atoms with Crippen molar-refractivity contribution < 1.29 is 4.74 Å². The molecule has 0 bridgehead atoms. The Bertz CT molecular complexity index is 255. The summed E-state index contributed by atoms with van der Waals surface area (Å²) in [5.74, 6) is 1.21. The van der Waals surface area contributed by atoms with Crippen LogP contribution in [-0.4, -0.2) is 43.2 Å². The van der Waals surface area contributed by atoms with E-state index >= 15 is 0 Å². The lowest BCUT2D eigenvalue weighted by Gasteiger charge is -2.21. The van der Waals surface area contributed by atoms with Crippen molar-refractivity contribution in [2.24, 2.45) is 16.6 Å². The van der Waals surface area contributed by atoms with Crippen LogP contribution in [0.1, 0.15) is 40.0 Å². The van der Waals surface area contributed by atoms with E-state index in [0.717, 1.165) is 19.6 Å². The topological polar surface area (TPSA) is 50.9 Å². The molecular weight excluding hydrogens is 341 g/mol.